The van der Waals surface area contributed by atoms with Crippen LogP contribution >= 0.6 is 23.2 Å². The molecule has 0 bridgehead atoms. The maximum absolute atomic E-state index is 12.6. The smallest absolute Gasteiger partial charge is 0.326 e. The second kappa shape index (κ2) is 9.84. The highest BCUT2D eigenvalue weighted by Crippen LogP contribution is 2.26. The fourth-order valence-corrected chi connectivity index (χ4v) is 3.70. The molecule has 0 aliphatic rings. The standard InChI is InChI=1S/C22H19Cl2N3O5/c1-27-21(29)18(17(32-2)11-25-27)13-8-6-12(7-9-13)10-16(22(30)31)26-20(28)19-14(23)4-3-5-15(19)24/h3-9,11,16H,10H2,1-2H3,(H,26,28)(H,30,31). The summed E-state index contributed by atoms with van der Waals surface area (Å²) in [4.78, 5) is 36.8. The highest BCUT2D eigenvalue weighted by Gasteiger charge is 2.24. The minimum absolute atomic E-state index is 0.00884. The number of carboxylic acids is 1. The van der Waals surface area contributed by atoms with E-state index in [4.69, 9.17) is 27.9 Å². The van der Waals surface area contributed by atoms with Gasteiger partial charge in [0.05, 0.1) is 34.5 Å². The average Bonchev–Trinajstić information content (AvgIpc) is 2.75. The number of hydrogen-bond donors (Lipinski definition) is 2. The summed E-state index contributed by atoms with van der Waals surface area (Å²) in [6, 6.07) is 10.1. The van der Waals surface area contributed by atoms with Gasteiger partial charge in [-0.3, -0.25) is 9.59 Å². The minimum Gasteiger partial charge on any atom is -0.494 e. The van der Waals surface area contributed by atoms with Gasteiger partial charge in [-0.15, -0.1) is 0 Å². The summed E-state index contributed by atoms with van der Waals surface area (Å²) in [5.41, 5.74) is 1.25. The van der Waals surface area contributed by atoms with Gasteiger partial charge in [-0.05, 0) is 23.3 Å². The van der Waals surface area contributed by atoms with Crippen molar-refractivity contribution in [1.29, 1.82) is 0 Å². The number of halogens is 2. The number of carbonyl (C=O) groups is 2. The number of nitrogens with zero attached hydrogens (tertiary/aromatic N) is 2. The highest BCUT2D eigenvalue weighted by molar-refractivity contribution is 6.39. The molecule has 8 nitrogen and oxygen atoms in total. The molecule has 2 N–H and O–H groups in total. The van der Waals surface area contributed by atoms with Crippen LogP contribution in [0.15, 0.2) is 53.5 Å². The number of benzene rings is 2. The van der Waals surface area contributed by atoms with Gasteiger partial charge in [0.25, 0.3) is 11.5 Å². The Hall–Kier alpha value is -3.36. The Labute approximate surface area is 193 Å². The fourth-order valence-electron chi connectivity index (χ4n) is 3.13. The molecule has 1 unspecified atom stereocenters. The number of carbonyl (C=O) groups excluding carboxylic acids is 1. The molecule has 0 spiro atoms. The molecule has 1 heterocycles. The molecular weight excluding hydrogens is 457 g/mol. The third-order valence-corrected chi connectivity index (χ3v) is 5.43. The van der Waals surface area contributed by atoms with Crippen LogP contribution in [-0.4, -0.2) is 39.9 Å². The number of amides is 1. The van der Waals surface area contributed by atoms with Crippen molar-refractivity contribution >= 4 is 35.1 Å². The van der Waals surface area contributed by atoms with Gasteiger partial charge >= 0.3 is 5.97 Å². The summed E-state index contributed by atoms with van der Waals surface area (Å²) in [7, 11) is 2.98. The van der Waals surface area contributed by atoms with E-state index in [1.165, 1.54) is 37.2 Å². The van der Waals surface area contributed by atoms with Crippen LogP contribution in [0.5, 0.6) is 5.75 Å². The average molecular weight is 476 g/mol. The van der Waals surface area contributed by atoms with E-state index in [-0.39, 0.29) is 27.6 Å². The summed E-state index contributed by atoms with van der Waals surface area (Å²) in [5, 5.41) is 16.2. The Morgan fingerprint density at radius 1 is 1.16 bits per heavy atom. The first-order valence-electron chi connectivity index (χ1n) is 9.40. The number of aliphatic carboxylic acids is 1. The van der Waals surface area contributed by atoms with E-state index in [1.807, 2.05) is 0 Å². The molecule has 2 aromatic carbocycles. The molecule has 32 heavy (non-hydrogen) atoms. The summed E-state index contributed by atoms with van der Waals surface area (Å²) in [6.07, 6.45) is 1.45. The first-order valence-corrected chi connectivity index (χ1v) is 10.2. The van der Waals surface area contributed by atoms with E-state index in [9.17, 15) is 19.5 Å². The van der Waals surface area contributed by atoms with Crippen LogP contribution in [0.4, 0.5) is 0 Å². The van der Waals surface area contributed by atoms with Crippen molar-refractivity contribution < 1.29 is 19.4 Å². The highest BCUT2D eigenvalue weighted by atomic mass is 35.5. The van der Waals surface area contributed by atoms with Gasteiger partial charge in [-0.2, -0.15) is 5.10 Å². The summed E-state index contributed by atoms with van der Waals surface area (Å²) in [5.74, 6) is -1.57. The molecule has 0 saturated carbocycles. The van der Waals surface area contributed by atoms with Crippen molar-refractivity contribution in [2.24, 2.45) is 7.05 Å². The molecule has 0 aliphatic heterocycles. The lowest BCUT2D eigenvalue weighted by molar-refractivity contribution is -0.139. The molecule has 0 fully saturated rings. The van der Waals surface area contributed by atoms with Gasteiger partial charge in [-0.25, -0.2) is 9.48 Å². The number of aromatic nitrogens is 2. The summed E-state index contributed by atoms with van der Waals surface area (Å²) in [6.45, 7) is 0. The zero-order valence-corrected chi connectivity index (χ0v) is 18.6. The SMILES string of the molecule is COc1cnn(C)c(=O)c1-c1ccc(CC(NC(=O)c2c(Cl)cccc2Cl)C(=O)O)cc1. The van der Waals surface area contributed by atoms with Crippen molar-refractivity contribution in [3.8, 4) is 16.9 Å². The molecule has 1 amide bonds. The Morgan fingerprint density at radius 2 is 1.78 bits per heavy atom. The maximum atomic E-state index is 12.6. The number of ether oxygens (including phenoxy) is 1. The number of nitrogens with one attached hydrogen (secondary N) is 1. The Morgan fingerprint density at radius 3 is 2.34 bits per heavy atom. The number of methoxy groups -OCH3 is 1. The number of carboxylic acid groups (broad SMARTS) is 1. The van der Waals surface area contributed by atoms with Crippen LogP contribution < -0.4 is 15.6 Å². The molecule has 3 rings (SSSR count). The number of hydrogen-bond acceptors (Lipinski definition) is 5. The predicted octanol–water partition coefficient (Wildman–Crippen LogP) is 3.19. The number of aryl methyl sites for hydroxylation is 1. The zero-order valence-electron chi connectivity index (χ0n) is 17.1. The second-order valence-electron chi connectivity index (χ2n) is 6.88. The monoisotopic (exact) mass is 475 g/mol. The molecule has 1 atom stereocenters. The van der Waals surface area contributed by atoms with E-state index in [0.29, 0.717) is 22.4 Å². The van der Waals surface area contributed by atoms with Gasteiger partial charge in [0.15, 0.2) is 5.75 Å². The van der Waals surface area contributed by atoms with Gasteiger partial charge in [-0.1, -0.05) is 53.5 Å². The zero-order chi connectivity index (χ0) is 23.4. The van der Waals surface area contributed by atoms with Crippen molar-refractivity contribution in [2.75, 3.05) is 7.11 Å². The number of rotatable bonds is 7. The molecule has 10 heteroatoms. The molecular formula is C22H19Cl2N3O5. The summed E-state index contributed by atoms with van der Waals surface area (Å²) >= 11 is 12.1. The Bertz CT molecular complexity index is 1200. The van der Waals surface area contributed by atoms with Crippen LogP contribution in [0.1, 0.15) is 15.9 Å². The molecule has 3 aromatic rings. The second-order valence-corrected chi connectivity index (χ2v) is 7.69. The molecule has 0 radical (unpaired) electrons. The van der Waals surface area contributed by atoms with Crippen LogP contribution in [0.25, 0.3) is 11.1 Å². The van der Waals surface area contributed by atoms with Crippen LogP contribution in [0.3, 0.4) is 0 Å². The largest absolute Gasteiger partial charge is 0.494 e. The van der Waals surface area contributed by atoms with E-state index in [0.717, 1.165) is 0 Å². The third-order valence-electron chi connectivity index (χ3n) is 4.80. The first kappa shape index (κ1) is 23.3. The van der Waals surface area contributed by atoms with E-state index >= 15 is 0 Å². The van der Waals surface area contributed by atoms with Gasteiger partial charge in [0.2, 0.25) is 0 Å². The first-order chi connectivity index (χ1) is 15.2. The fraction of sp³-hybridized carbons (Fsp3) is 0.182. The topological polar surface area (TPSA) is 111 Å². The Balaban J connectivity index is 1.83. The molecule has 1 aromatic heterocycles. The van der Waals surface area contributed by atoms with Gasteiger partial charge in [0, 0.05) is 13.5 Å². The van der Waals surface area contributed by atoms with E-state index in [1.54, 1.807) is 30.3 Å². The van der Waals surface area contributed by atoms with Crippen molar-refractivity contribution in [1.82, 2.24) is 15.1 Å². The Kier molecular flexibility index (Phi) is 7.17. The predicted molar refractivity (Wildman–Crippen MR) is 121 cm³/mol. The van der Waals surface area contributed by atoms with E-state index in [2.05, 4.69) is 10.4 Å². The normalized spacial score (nSPS) is 11.6. The molecule has 166 valence electrons. The quantitative estimate of drug-likeness (QED) is 0.542. The van der Waals surface area contributed by atoms with Crippen LogP contribution in [-0.2, 0) is 18.3 Å². The van der Waals surface area contributed by atoms with Gasteiger partial charge < -0.3 is 15.2 Å². The maximum Gasteiger partial charge on any atom is 0.326 e. The minimum atomic E-state index is -1.22. The summed E-state index contributed by atoms with van der Waals surface area (Å²) < 4.78 is 6.44. The van der Waals surface area contributed by atoms with Crippen molar-refractivity contribution in [3.05, 3.63) is 80.2 Å². The molecule has 0 aliphatic carbocycles. The third kappa shape index (κ3) is 4.92. The lowest BCUT2D eigenvalue weighted by Gasteiger charge is -2.16. The molecule has 0 saturated heterocycles. The van der Waals surface area contributed by atoms with Crippen LogP contribution in [0, 0.1) is 0 Å². The van der Waals surface area contributed by atoms with Crippen molar-refractivity contribution in [3.63, 3.8) is 0 Å². The lowest BCUT2D eigenvalue weighted by atomic mass is 10.0. The van der Waals surface area contributed by atoms with Crippen LogP contribution in [0.2, 0.25) is 10.0 Å². The lowest BCUT2D eigenvalue weighted by Crippen LogP contribution is -2.42. The van der Waals surface area contributed by atoms with Gasteiger partial charge in [0.1, 0.15) is 6.04 Å². The van der Waals surface area contributed by atoms with E-state index < -0.39 is 17.9 Å². The van der Waals surface area contributed by atoms with Crippen molar-refractivity contribution in [2.45, 2.75) is 12.5 Å².